The van der Waals surface area contributed by atoms with Crippen molar-refractivity contribution >= 4 is 31.9 Å². The van der Waals surface area contributed by atoms with Gasteiger partial charge in [0.15, 0.2) is 0 Å². The topological polar surface area (TPSA) is 79.6 Å². The predicted octanol–water partition coefficient (Wildman–Crippen LogP) is 3.52. The molecule has 2 aromatic rings. The molecule has 8 heteroatoms. The molecule has 3 rings (SSSR count). The molecule has 1 aliphatic rings. The zero-order valence-electron chi connectivity index (χ0n) is 15.4. The third-order valence-electron chi connectivity index (χ3n) is 4.69. The first-order valence-corrected chi connectivity index (χ1v) is 11.1. The number of nitrogens with one attached hydrogen (secondary N) is 1. The largest absolute Gasteiger partial charge is 0.465 e. The van der Waals surface area contributed by atoms with Crippen LogP contribution in [-0.2, 0) is 21.4 Å². The minimum Gasteiger partial charge on any atom is -0.465 e. The van der Waals surface area contributed by atoms with E-state index in [1.165, 1.54) is 10.4 Å². The number of furan rings is 1. The number of carbonyl (C=O) groups excluding carboxylic acids is 1. The van der Waals surface area contributed by atoms with Crippen molar-refractivity contribution in [2.45, 2.75) is 50.6 Å². The molecule has 1 unspecified atom stereocenters. The van der Waals surface area contributed by atoms with Crippen molar-refractivity contribution in [2.75, 3.05) is 6.54 Å². The van der Waals surface area contributed by atoms with Gasteiger partial charge in [-0.25, -0.2) is 8.42 Å². The fraction of sp³-hybridized carbons (Fsp3) is 0.421. The Labute approximate surface area is 168 Å². The van der Waals surface area contributed by atoms with Gasteiger partial charge in [0.2, 0.25) is 15.9 Å². The van der Waals surface area contributed by atoms with Gasteiger partial charge in [0.1, 0.15) is 22.5 Å². The van der Waals surface area contributed by atoms with E-state index < -0.39 is 16.1 Å². The summed E-state index contributed by atoms with van der Waals surface area (Å²) in [5.74, 6) is 0.619. The third kappa shape index (κ3) is 4.44. The van der Waals surface area contributed by atoms with Crippen LogP contribution in [0.1, 0.15) is 36.3 Å². The Bertz CT molecular complexity index is 922. The zero-order chi connectivity index (χ0) is 19.6. The molecule has 0 saturated carbocycles. The molecule has 0 spiro atoms. The van der Waals surface area contributed by atoms with Gasteiger partial charge >= 0.3 is 0 Å². The summed E-state index contributed by atoms with van der Waals surface area (Å²) in [7, 11) is -3.90. The highest BCUT2D eigenvalue weighted by Crippen LogP contribution is 2.28. The standard InChI is InChI=1S/C19H23BrN2O4S/c1-13-11-18(14(2)26-13)27(24,25)22(12-15-6-8-16(20)9-7-15)17-5-3-4-10-21-19(17)23/h6-9,11,17H,3-5,10,12H2,1-2H3,(H,21,23). The maximum Gasteiger partial charge on any atom is 0.247 e. The van der Waals surface area contributed by atoms with Gasteiger partial charge in [0.05, 0.1) is 0 Å². The molecule has 2 heterocycles. The second kappa shape index (κ2) is 8.16. The van der Waals surface area contributed by atoms with Gasteiger partial charge in [-0.15, -0.1) is 0 Å². The van der Waals surface area contributed by atoms with E-state index >= 15 is 0 Å². The number of sulfonamides is 1. The minimum absolute atomic E-state index is 0.120. The average molecular weight is 455 g/mol. The highest BCUT2D eigenvalue weighted by molar-refractivity contribution is 9.10. The van der Waals surface area contributed by atoms with Crippen molar-refractivity contribution in [1.29, 1.82) is 0 Å². The van der Waals surface area contributed by atoms with Gasteiger partial charge in [-0.3, -0.25) is 4.79 Å². The molecule has 1 amide bonds. The number of benzene rings is 1. The lowest BCUT2D eigenvalue weighted by atomic mass is 10.1. The Hall–Kier alpha value is -1.64. The maximum absolute atomic E-state index is 13.5. The van der Waals surface area contributed by atoms with E-state index in [-0.39, 0.29) is 17.3 Å². The molecule has 1 N–H and O–H groups in total. The lowest BCUT2D eigenvalue weighted by Gasteiger charge is -2.29. The Morgan fingerprint density at radius 3 is 2.56 bits per heavy atom. The van der Waals surface area contributed by atoms with Crippen LogP contribution in [0.4, 0.5) is 0 Å². The van der Waals surface area contributed by atoms with Crippen LogP contribution < -0.4 is 5.32 Å². The first kappa shape index (κ1) is 20.1. The number of hydrogen-bond acceptors (Lipinski definition) is 4. The van der Waals surface area contributed by atoms with E-state index in [0.29, 0.717) is 24.5 Å². The Kier molecular flexibility index (Phi) is 6.08. The van der Waals surface area contributed by atoms with Gasteiger partial charge in [-0.1, -0.05) is 28.1 Å². The minimum atomic E-state index is -3.90. The van der Waals surface area contributed by atoms with Gasteiger partial charge in [0, 0.05) is 17.6 Å². The monoisotopic (exact) mass is 454 g/mol. The molecule has 1 aromatic carbocycles. The number of nitrogens with zero attached hydrogens (tertiary/aromatic N) is 1. The normalized spacial score (nSPS) is 18.4. The Balaban J connectivity index is 2.04. The maximum atomic E-state index is 13.5. The number of carbonyl (C=O) groups is 1. The average Bonchev–Trinajstić information content (AvgIpc) is 2.83. The molecular weight excluding hydrogens is 432 g/mol. The van der Waals surface area contributed by atoms with Gasteiger partial charge < -0.3 is 9.73 Å². The summed E-state index contributed by atoms with van der Waals surface area (Å²) in [5, 5.41) is 2.84. The molecule has 146 valence electrons. The predicted molar refractivity (Wildman–Crippen MR) is 106 cm³/mol. The molecule has 0 radical (unpaired) electrons. The quantitative estimate of drug-likeness (QED) is 0.749. The molecule has 6 nitrogen and oxygen atoms in total. The van der Waals surface area contributed by atoms with E-state index in [0.717, 1.165) is 22.9 Å². The van der Waals surface area contributed by atoms with Crippen LogP contribution in [0.25, 0.3) is 0 Å². The highest BCUT2D eigenvalue weighted by atomic mass is 79.9. The van der Waals surface area contributed by atoms with E-state index in [9.17, 15) is 13.2 Å². The Morgan fingerprint density at radius 1 is 1.22 bits per heavy atom. The van der Waals surface area contributed by atoms with Crippen LogP contribution in [0.5, 0.6) is 0 Å². The van der Waals surface area contributed by atoms with Crippen molar-refractivity contribution in [2.24, 2.45) is 0 Å². The number of halogens is 1. The van der Waals surface area contributed by atoms with Gasteiger partial charge in [0.25, 0.3) is 0 Å². The molecule has 27 heavy (non-hydrogen) atoms. The van der Waals surface area contributed by atoms with Crippen LogP contribution in [0.3, 0.4) is 0 Å². The first-order chi connectivity index (χ1) is 12.8. The molecule has 1 aliphatic heterocycles. The van der Waals surface area contributed by atoms with Gasteiger partial charge in [-0.05, 0) is 56.9 Å². The van der Waals surface area contributed by atoms with Crippen LogP contribution in [-0.4, -0.2) is 31.2 Å². The number of amides is 1. The fourth-order valence-electron chi connectivity index (χ4n) is 3.32. The van der Waals surface area contributed by atoms with E-state index in [1.54, 1.807) is 13.8 Å². The van der Waals surface area contributed by atoms with E-state index in [1.807, 2.05) is 24.3 Å². The summed E-state index contributed by atoms with van der Waals surface area (Å²) in [6, 6.07) is 8.22. The highest BCUT2D eigenvalue weighted by Gasteiger charge is 2.38. The lowest BCUT2D eigenvalue weighted by molar-refractivity contribution is -0.124. The molecule has 0 aliphatic carbocycles. The van der Waals surface area contributed by atoms with Crippen LogP contribution >= 0.6 is 15.9 Å². The number of rotatable bonds is 5. The van der Waals surface area contributed by atoms with Crippen molar-refractivity contribution < 1.29 is 17.6 Å². The summed E-state index contributed by atoms with van der Waals surface area (Å²) in [4.78, 5) is 12.7. The molecular formula is C19H23BrN2O4S. The third-order valence-corrected chi connectivity index (χ3v) is 7.18. The molecule has 1 aromatic heterocycles. The summed E-state index contributed by atoms with van der Waals surface area (Å²) < 4.78 is 34.6. The first-order valence-electron chi connectivity index (χ1n) is 8.90. The van der Waals surface area contributed by atoms with Crippen LogP contribution in [0.2, 0.25) is 0 Å². The van der Waals surface area contributed by atoms with E-state index in [4.69, 9.17) is 4.42 Å². The Morgan fingerprint density at radius 2 is 1.93 bits per heavy atom. The van der Waals surface area contributed by atoms with Crippen molar-refractivity contribution in [3.8, 4) is 0 Å². The molecule has 1 fully saturated rings. The van der Waals surface area contributed by atoms with Crippen molar-refractivity contribution in [1.82, 2.24) is 9.62 Å². The summed E-state index contributed by atoms with van der Waals surface area (Å²) in [5.41, 5.74) is 0.816. The zero-order valence-corrected chi connectivity index (χ0v) is 17.8. The SMILES string of the molecule is Cc1cc(S(=O)(=O)N(Cc2ccc(Br)cc2)C2CCCCNC2=O)c(C)o1. The van der Waals surface area contributed by atoms with Crippen molar-refractivity contribution in [3.63, 3.8) is 0 Å². The second-order valence-corrected chi connectivity index (χ2v) is 9.53. The smallest absolute Gasteiger partial charge is 0.247 e. The summed E-state index contributed by atoms with van der Waals surface area (Å²) >= 11 is 3.39. The molecule has 1 saturated heterocycles. The summed E-state index contributed by atoms with van der Waals surface area (Å²) in [6.07, 6.45) is 2.13. The molecule has 0 bridgehead atoms. The number of aryl methyl sites for hydroxylation is 2. The molecule has 1 atom stereocenters. The van der Waals surface area contributed by atoms with Crippen LogP contribution in [0, 0.1) is 13.8 Å². The van der Waals surface area contributed by atoms with Gasteiger partial charge in [-0.2, -0.15) is 4.31 Å². The fourth-order valence-corrected chi connectivity index (χ4v) is 5.41. The summed E-state index contributed by atoms with van der Waals surface area (Å²) in [6.45, 7) is 4.04. The van der Waals surface area contributed by atoms with E-state index in [2.05, 4.69) is 21.2 Å². The van der Waals surface area contributed by atoms with Crippen LogP contribution in [0.15, 0.2) is 44.1 Å². The second-order valence-electron chi connectivity index (χ2n) is 6.76. The number of hydrogen-bond donors (Lipinski definition) is 1. The lowest BCUT2D eigenvalue weighted by Crippen LogP contribution is -2.48. The van der Waals surface area contributed by atoms with Crippen molar-refractivity contribution in [3.05, 3.63) is 51.9 Å².